The van der Waals surface area contributed by atoms with Gasteiger partial charge in [-0.15, -0.1) is 11.3 Å². The maximum Gasteiger partial charge on any atom is 0.129 e. The van der Waals surface area contributed by atoms with Gasteiger partial charge in [0.1, 0.15) is 22.5 Å². The number of halogens is 2. The van der Waals surface area contributed by atoms with Crippen LogP contribution in [0.1, 0.15) is 47.2 Å². The number of carbonyl (C=O) groups is 1. The second-order valence-corrected chi connectivity index (χ2v) is 10.2. The van der Waals surface area contributed by atoms with E-state index in [2.05, 4.69) is 9.97 Å². The highest BCUT2D eigenvalue weighted by atomic mass is 35.5. The van der Waals surface area contributed by atoms with Crippen LogP contribution in [0.4, 0.5) is 0 Å². The first kappa shape index (κ1) is 27.3. The summed E-state index contributed by atoms with van der Waals surface area (Å²) in [7, 11) is 0. The van der Waals surface area contributed by atoms with Crippen LogP contribution in [0.3, 0.4) is 0 Å². The summed E-state index contributed by atoms with van der Waals surface area (Å²) in [6.45, 7) is 4.13. The van der Waals surface area contributed by atoms with Gasteiger partial charge in [0.2, 0.25) is 0 Å². The van der Waals surface area contributed by atoms with E-state index in [1.54, 1.807) is 43.3 Å². The largest absolute Gasteiger partial charge is 0.545 e. The van der Waals surface area contributed by atoms with Crippen LogP contribution in [-0.4, -0.2) is 50.2 Å². The molecule has 0 amide bonds. The number of pyridine rings is 2. The molecular formula is C25H26Cl2N3O4S-. The van der Waals surface area contributed by atoms with Crippen molar-refractivity contribution in [3.05, 3.63) is 86.1 Å². The molecule has 7 nitrogen and oxygen atoms in total. The Morgan fingerprint density at radius 1 is 1.03 bits per heavy atom. The summed E-state index contributed by atoms with van der Waals surface area (Å²) in [4.78, 5) is 23.1. The quantitative estimate of drug-likeness (QED) is 0.285. The van der Waals surface area contributed by atoms with E-state index in [-0.39, 0.29) is 29.4 Å². The molecule has 0 aliphatic rings. The van der Waals surface area contributed by atoms with Crippen molar-refractivity contribution >= 4 is 46.1 Å². The molecule has 10 heteroatoms. The molecule has 3 heterocycles. The van der Waals surface area contributed by atoms with Gasteiger partial charge in [-0.1, -0.05) is 35.3 Å². The minimum absolute atomic E-state index is 0.0883. The average molecular weight is 535 g/mol. The monoisotopic (exact) mass is 534 g/mol. The normalized spacial score (nSPS) is 14.7. The third-order valence-electron chi connectivity index (χ3n) is 5.48. The van der Waals surface area contributed by atoms with Crippen LogP contribution in [0, 0.1) is 0 Å². The summed E-state index contributed by atoms with van der Waals surface area (Å²) >= 11 is 13.5. The Labute approximate surface area is 218 Å². The number of nitrogens with zero attached hydrogens (tertiary/aromatic N) is 3. The van der Waals surface area contributed by atoms with Crippen LogP contribution in [0.15, 0.2) is 54.6 Å². The molecule has 3 aromatic rings. The SMILES string of the molecule is C/C(=C\C(=O)[O-])c1ccc(CC(C)N(CC(O)c2cccc(Cl)n2)CC(O)c2cccc(Cl)n2)s1. The number of carbonyl (C=O) groups excluding carboxylic acids is 1. The zero-order valence-electron chi connectivity index (χ0n) is 19.3. The van der Waals surface area contributed by atoms with E-state index >= 15 is 0 Å². The van der Waals surface area contributed by atoms with Crippen LogP contribution in [0.5, 0.6) is 0 Å². The Kier molecular flexibility index (Phi) is 9.80. The minimum Gasteiger partial charge on any atom is -0.545 e. The zero-order valence-corrected chi connectivity index (χ0v) is 21.6. The van der Waals surface area contributed by atoms with E-state index in [1.165, 1.54) is 11.3 Å². The van der Waals surface area contributed by atoms with E-state index < -0.39 is 18.2 Å². The smallest absolute Gasteiger partial charge is 0.129 e. The van der Waals surface area contributed by atoms with Gasteiger partial charge in [0, 0.05) is 28.9 Å². The molecule has 2 N–H and O–H groups in total. The molecular weight excluding hydrogens is 509 g/mol. The second-order valence-electron chi connectivity index (χ2n) is 8.22. The van der Waals surface area contributed by atoms with Crippen molar-refractivity contribution in [1.82, 2.24) is 14.9 Å². The molecule has 35 heavy (non-hydrogen) atoms. The van der Waals surface area contributed by atoms with Crippen LogP contribution in [0.2, 0.25) is 10.3 Å². The van der Waals surface area contributed by atoms with E-state index in [9.17, 15) is 20.1 Å². The van der Waals surface area contributed by atoms with E-state index in [0.29, 0.717) is 23.4 Å². The van der Waals surface area contributed by atoms with Crippen LogP contribution in [0.25, 0.3) is 5.57 Å². The van der Waals surface area contributed by atoms with Gasteiger partial charge in [0.25, 0.3) is 0 Å². The molecule has 0 fully saturated rings. The number of aliphatic hydroxyl groups excluding tert-OH is 2. The number of aliphatic hydroxyl groups is 2. The van der Waals surface area contributed by atoms with Crippen molar-refractivity contribution in [2.24, 2.45) is 0 Å². The Morgan fingerprint density at radius 2 is 1.57 bits per heavy atom. The van der Waals surface area contributed by atoms with E-state index in [4.69, 9.17) is 23.2 Å². The molecule has 0 spiro atoms. The maximum atomic E-state index is 10.9. The van der Waals surface area contributed by atoms with Gasteiger partial charge in [0.15, 0.2) is 0 Å². The minimum atomic E-state index is -1.23. The first-order valence-corrected chi connectivity index (χ1v) is 12.5. The van der Waals surface area contributed by atoms with Crippen LogP contribution in [-0.2, 0) is 11.2 Å². The standard InChI is InChI=1S/C25H27Cl2N3O4S/c1-15(11-25(33)34)22-10-9-17(35-22)12-16(2)30(13-20(31)18-5-3-7-23(26)28-18)14-21(32)19-6-4-8-24(27)29-19/h3-11,16,20-21,31-32H,12-14H2,1-2H3,(H,33,34)/p-1/b15-11+. The average Bonchev–Trinajstić information content (AvgIpc) is 3.26. The molecule has 0 aromatic carbocycles. The summed E-state index contributed by atoms with van der Waals surface area (Å²) in [6, 6.07) is 13.9. The molecule has 3 atom stereocenters. The van der Waals surface area contributed by atoms with E-state index in [1.807, 2.05) is 24.0 Å². The van der Waals surface area contributed by atoms with Crippen molar-refractivity contribution < 1.29 is 20.1 Å². The molecule has 3 unspecified atom stereocenters. The number of allylic oxidation sites excluding steroid dienone is 1. The molecule has 0 saturated heterocycles. The van der Waals surface area contributed by atoms with Crippen molar-refractivity contribution in [1.29, 1.82) is 0 Å². The summed E-state index contributed by atoms with van der Waals surface area (Å²) in [5, 5.41) is 33.2. The maximum absolute atomic E-state index is 10.9. The van der Waals surface area contributed by atoms with Gasteiger partial charge in [-0.05, 0) is 68.3 Å². The molecule has 0 aliphatic carbocycles. The number of thiophene rings is 1. The highest BCUT2D eigenvalue weighted by Crippen LogP contribution is 2.27. The lowest BCUT2D eigenvalue weighted by molar-refractivity contribution is -0.297. The van der Waals surface area contributed by atoms with Gasteiger partial charge in [-0.2, -0.15) is 0 Å². The van der Waals surface area contributed by atoms with Gasteiger partial charge in [-0.3, -0.25) is 4.90 Å². The summed E-state index contributed by atoms with van der Waals surface area (Å²) in [5.41, 5.74) is 1.49. The molecule has 3 aromatic heterocycles. The summed E-state index contributed by atoms with van der Waals surface area (Å²) in [5.74, 6) is -1.23. The number of aliphatic carboxylic acids is 1. The fourth-order valence-electron chi connectivity index (χ4n) is 3.65. The van der Waals surface area contributed by atoms with Crippen molar-refractivity contribution in [2.75, 3.05) is 13.1 Å². The number of carboxylic acids is 1. The van der Waals surface area contributed by atoms with Crippen molar-refractivity contribution in [2.45, 2.75) is 38.5 Å². The van der Waals surface area contributed by atoms with E-state index in [0.717, 1.165) is 15.8 Å². The number of aromatic nitrogens is 2. The summed E-state index contributed by atoms with van der Waals surface area (Å²) < 4.78 is 0. The first-order valence-electron chi connectivity index (χ1n) is 11.0. The van der Waals surface area contributed by atoms with Gasteiger partial charge >= 0.3 is 0 Å². The predicted octanol–water partition coefficient (Wildman–Crippen LogP) is 3.70. The molecule has 3 rings (SSSR count). The third-order valence-corrected chi connectivity index (χ3v) is 7.14. The van der Waals surface area contributed by atoms with Crippen molar-refractivity contribution in [3.8, 4) is 0 Å². The molecule has 0 aliphatic heterocycles. The fraction of sp³-hybridized carbons (Fsp3) is 0.320. The Balaban J connectivity index is 1.79. The Morgan fingerprint density at radius 3 is 2.06 bits per heavy atom. The Hall–Kier alpha value is -2.33. The Bertz CT molecular complexity index is 1130. The molecule has 0 bridgehead atoms. The van der Waals surface area contributed by atoms with Crippen LogP contribution < -0.4 is 5.11 Å². The number of hydrogen-bond acceptors (Lipinski definition) is 8. The van der Waals surface area contributed by atoms with Crippen molar-refractivity contribution in [3.63, 3.8) is 0 Å². The highest BCUT2D eigenvalue weighted by molar-refractivity contribution is 7.13. The first-order chi connectivity index (χ1) is 16.6. The number of hydrogen-bond donors (Lipinski definition) is 2. The van der Waals surface area contributed by atoms with Gasteiger partial charge in [-0.25, -0.2) is 9.97 Å². The van der Waals surface area contributed by atoms with Crippen LogP contribution >= 0.6 is 34.5 Å². The summed E-state index contributed by atoms with van der Waals surface area (Å²) in [6.07, 6.45) is -0.159. The topological polar surface area (TPSA) is 110 Å². The zero-order chi connectivity index (χ0) is 25.5. The molecule has 0 saturated carbocycles. The third kappa shape index (κ3) is 8.10. The lowest BCUT2D eigenvalue weighted by Gasteiger charge is -2.32. The lowest BCUT2D eigenvalue weighted by atomic mass is 10.1. The molecule has 186 valence electrons. The predicted molar refractivity (Wildman–Crippen MR) is 136 cm³/mol. The second kappa shape index (κ2) is 12.6. The number of rotatable bonds is 11. The highest BCUT2D eigenvalue weighted by Gasteiger charge is 2.24. The lowest BCUT2D eigenvalue weighted by Crippen LogP contribution is -2.40. The fourth-order valence-corrected chi connectivity index (χ4v) is 5.09. The number of carboxylic acid groups (broad SMARTS) is 1. The van der Waals surface area contributed by atoms with Gasteiger partial charge in [0.05, 0.1) is 17.4 Å². The molecule has 0 radical (unpaired) electrons. The van der Waals surface area contributed by atoms with Gasteiger partial charge < -0.3 is 20.1 Å².